The summed E-state index contributed by atoms with van der Waals surface area (Å²) in [7, 11) is 0. The van der Waals surface area contributed by atoms with Crippen LogP contribution < -0.4 is 5.32 Å². The molecule has 6 nitrogen and oxygen atoms in total. The molecule has 1 amide bonds. The summed E-state index contributed by atoms with van der Waals surface area (Å²) in [5.74, 6) is -0.0671. The van der Waals surface area contributed by atoms with E-state index in [1.165, 1.54) is 0 Å². The van der Waals surface area contributed by atoms with Crippen LogP contribution in [0.25, 0.3) is 0 Å². The molecule has 0 saturated carbocycles. The number of carbonyl (C=O) groups is 1. The van der Waals surface area contributed by atoms with E-state index < -0.39 is 0 Å². The molecule has 1 aromatic carbocycles. The fourth-order valence-electron chi connectivity index (χ4n) is 2.67. The highest BCUT2D eigenvalue weighted by atomic mass is 16.5. The van der Waals surface area contributed by atoms with Crippen LogP contribution >= 0.6 is 0 Å². The van der Waals surface area contributed by atoms with E-state index in [9.17, 15) is 4.79 Å². The van der Waals surface area contributed by atoms with Gasteiger partial charge in [-0.2, -0.15) is 5.10 Å². The maximum atomic E-state index is 12.2. The van der Waals surface area contributed by atoms with Crippen molar-refractivity contribution in [1.82, 2.24) is 14.7 Å². The second-order valence-corrected chi connectivity index (χ2v) is 5.75. The third-order valence-corrected chi connectivity index (χ3v) is 3.87. The lowest BCUT2D eigenvalue weighted by Gasteiger charge is -2.27. The first-order valence-electron chi connectivity index (χ1n) is 7.88. The van der Waals surface area contributed by atoms with Gasteiger partial charge in [-0.25, -0.2) is 0 Å². The zero-order valence-electron chi connectivity index (χ0n) is 13.4. The minimum atomic E-state index is -0.0671. The average Bonchev–Trinajstić information content (AvgIpc) is 2.95. The van der Waals surface area contributed by atoms with Crippen molar-refractivity contribution in [2.45, 2.75) is 20.0 Å². The minimum Gasteiger partial charge on any atom is -0.379 e. The predicted octanol–water partition coefficient (Wildman–Crippen LogP) is 1.66. The minimum absolute atomic E-state index is 0.0671. The van der Waals surface area contributed by atoms with Crippen molar-refractivity contribution in [3.63, 3.8) is 0 Å². The van der Waals surface area contributed by atoms with Gasteiger partial charge in [0.1, 0.15) is 6.54 Å². The number of rotatable bonds is 5. The first-order chi connectivity index (χ1) is 11.2. The van der Waals surface area contributed by atoms with Crippen LogP contribution in [0.4, 0.5) is 5.69 Å². The Labute approximate surface area is 136 Å². The van der Waals surface area contributed by atoms with Gasteiger partial charge in [0.2, 0.25) is 5.91 Å². The van der Waals surface area contributed by atoms with Gasteiger partial charge in [0.05, 0.1) is 18.9 Å². The molecule has 6 heteroatoms. The van der Waals surface area contributed by atoms with Crippen molar-refractivity contribution in [1.29, 1.82) is 0 Å². The van der Waals surface area contributed by atoms with Crippen LogP contribution in [-0.2, 0) is 22.6 Å². The Kier molecular flexibility index (Phi) is 5.05. The van der Waals surface area contributed by atoms with Crippen LogP contribution in [-0.4, -0.2) is 46.9 Å². The molecule has 3 rings (SSSR count). The Hall–Kier alpha value is -2.18. The molecular weight excluding hydrogens is 292 g/mol. The number of morpholine rings is 1. The molecule has 1 N–H and O–H groups in total. The molecule has 0 atom stereocenters. The maximum Gasteiger partial charge on any atom is 0.246 e. The van der Waals surface area contributed by atoms with Crippen molar-refractivity contribution in [2.24, 2.45) is 0 Å². The molecule has 122 valence electrons. The zero-order chi connectivity index (χ0) is 16.1. The first-order valence-corrected chi connectivity index (χ1v) is 7.88. The number of carbonyl (C=O) groups excluding carboxylic acids is 1. The van der Waals surface area contributed by atoms with E-state index >= 15 is 0 Å². The summed E-state index contributed by atoms with van der Waals surface area (Å²) in [5.41, 5.74) is 2.90. The van der Waals surface area contributed by atoms with Crippen LogP contribution in [0, 0.1) is 6.92 Å². The van der Waals surface area contributed by atoms with Crippen molar-refractivity contribution in [3.8, 4) is 0 Å². The molecule has 1 aliphatic heterocycles. The van der Waals surface area contributed by atoms with Gasteiger partial charge in [-0.1, -0.05) is 18.2 Å². The molecule has 0 unspecified atom stereocenters. The third-order valence-electron chi connectivity index (χ3n) is 3.87. The summed E-state index contributed by atoms with van der Waals surface area (Å²) >= 11 is 0. The van der Waals surface area contributed by atoms with Gasteiger partial charge in [-0.05, 0) is 24.6 Å². The van der Waals surface area contributed by atoms with Crippen molar-refractivity contribution >= 4 is 11.6 Å². The Morgan fingerprint density at radius 2 is 2.04 bits per heavy atom. The van der Waals surface area contributed by atoms with Gasteiger partial charge in [0.25, 0.3) is 0 Å². The highest BCUT2D eigenvalue weighted by Crippen LogP contribution is 2.18. The summed E-state index contributed by atoms with van der Waals surface area (Å²) < 4.78 is 7.03. The monoisotopic (exact) mass is 314 g/mol. The smallest absolute Gasteiger partial charge is 0.246 e. The van der Waals surface area contributed by atoms with Crippen LogP contribution in [0.15, 0.2) is 36.5 Å². The van der Waals surface area contributed by atoms with E-state index in [4.69, 9.17) is 4.74 Å². The third kappa shape index (κ3) is 4.40. The maximum absolute atomic E-state index is 12.2. The molecule has 0 aliphatic carbocycles. The Morgan fingerprint density at radius 3 is 2.78 bits per heavy atom. The highest BCUT2D eigenvalue weighted by Gasteiger charge is 2.14. The van der Waals surface area contributed by atoms with Gasteiger partial charge in [0, 0.05) is 31.5 Å². The summed E-state index contributed by atoms with van der Waals surface area (Å²) in [6, 6.07) is 9.84. The van der Waals surface area contributed by atoms with Gasteiger partial charge < -0.3 is 10.1 Å². The van der Waals surface area contributed by atoms with E-state index in [1.54, 1.807) is 4.68 Å². The molecule has 2 aromatic rings. The second kappa shape index (κ2) is 7.39. The number of para-hydroxylation sites is 1. The van der Waals surface area contributed by atoms with Crippen molar-refractivity contribution in [3.05, 3.63) is 47.8 Å². The van der Waals surface area contributed by atoms with Crippen molar-refractivity contribution < 1.29 is 9.53 Å². The number of amides is 1. The van der Waals surface area contributed by atoms with Crippen LogP contribution in [0.5, 0.6) is 0 Å². The molecule has 1 fully saturated rings. The van der Waals surface area contributed by atoms with E-state index in [0.29, 0.717) is 0 Å². The Bertz CT molecular complexity index is 662. The normalized spacial score (nSPS) is 15.5. The first kappa shape index (κ1) is 15.7. The van der Waals surface area contributed by atoms with E-state index in [-0.39, 0.29) is 12.5 Å². The summed E-state index contributed by atoms with van der Waals surface area (Å²) in [4.78, 5) is 14.6. The average molecular weight is 314 g/mol. The second-order valence-electron chi connectivity index (χ2n) is 5.75. The molecular formula is C17H22N4O2. The lowest BCUT2D eigenvalue weighted by Crippen LogP contribution is -2.35. The number of hydrogen-bond acceptors (Lipinski definition) is 4. The molecule has 23 heavy (non-hydrogen) atoms. The topological polar surface area (TPSA) is 59.4 Å². The lowest BCUT2D eigenvalue weighted by atomic mass is 10.1. The number of nitrogens with zero attached hydrogens (tertiary/aromatic N) is 3. The van der Waals surface area contributed by atoms with Gasteiger partial charge in [-0.15, -0.1) is 0 Å². The van der Waals surface area contributed by atoms with Gasteiger partial charge >= 0.3 is 0 Å². The number of hydrogen-bond donors (Lipinski definition) is 1. The molecule has 1 aliphatic rings. The van der Waals surface area contributed by atoms with Crippen LogP contribution in [0.3, 0.4) is 0 Å². The number of nitrogens with one attached hydrogen (secondary N) is 1. The van der Waals surface area contributed by atoms with Gasteiger partial charge in [-0.3, -0.25) is 14.4 Å². The van der Waals surface area contributed by atoms with E-state index in [2.05, 4.69) is 21.4 Å². The molecule has 1 saturated heterocycles. The SMILES string of the molecule is Cc1ccn(CC(=O)Nc2ccccc2CN2CCOCC2)n1. The standard InChI is InChI=1S/C17H22N4O2/c1-14-6-7-21(19-14)13-17(22)18-16-5-3-2-4-15(16)12-20-8-10-23-11-9-20/h2-7H,8-13H2,1H3,(H,18,22). The summed E-state index contributed by atoms with van der Waals surface area (Å²) in [6.45, 7) is 6.34. The molecule has 0 spiro atoms. The zero-order valence-corrected chi connectivity index (χ0v) is 13.4. The largest absolute Gasteiger partial charge is 0.379 e. The van der Waals surface area contributed by atoms with Crippen molar-refractivity contribution in [2.75, 3.05) is 31.6 Å². The number of benzene rings is 1. The number of anilines is 1. The quantitative estimate of drug-likeness (QED) is 0.912. The predicted molar refractivity (Wildman–Crippen MR) is 88.1 cm³/mol. The summed E-state index contributed by atoms with van der Waals surface area (Å²) in [6.07, 6.45) is 1.81. The van der Waals surface area contributed by atoms with Gasteiger partial charge in [0.15, 0.2) is 0 Å². The fraction of sp³-hybridized carbons (Fsp3) is 0.412. The van der Waals surface area contributed by atoms with E-state index in [0.717, 1.165) is 49.8 Å². The highest BCUT2D eigenvalue weighted by molar-refractivity contribution is 5.91. The van der Waals surface area contributed by atoms with Crippen LogP contribution in [0.2, 0.25) is 0 Å². The lowest BCUT2D eigenvalue weighted by molar-refractivity contribution is -0.116. The number of ether oxygens (including phenoxy) is 1. The Morgan fingerprint density at radius 1 is 1.26 bits per heavy atom. The van der Waals surface area contributed by atoms with Crippen LogP contribution in [0.1, 0.15) is 11.3 Å². The molecule has 0 radical (unpaired) electrons. The fourth-order valence-corrected chi connectivity index (χ4v) is 2.67. The molecule has 1 aromatic heterocycles. The number of aromatic nitrogens is 2. The summed E-state index contributed by atoms with van der Waals surface area (Å²) in [5, 5.41) is 7.24. The number of aryl methyl sites for hydroxylation is 1. The molecule has 0 bridgehead atoms. The Balaban J connectivity index is 1.63. The van der Waals surface area contributed by atoms with E-state index in [1.807, 2.05) is 37.4 Å². The molecule has 2 heterocycles.